The van der Waals surface area contributed by atoms with E-state index < -0.39 is 7.75 Å². The van der Waals surface area contributed by atoms with Crippen LogP contribution in [0.25, 0.3) is 0 Å². The van der Waals surface area contributed by atoms with Gasteiger partial charge in [-0.2, -0.15) is 0 Å². The molecular weight excluding hydrogens is 229 g/mol. The Hall–Kier alpha value is -0.380. The zero-order valence-electron chi connectivity index (χ0n) is 10.7. The number of hydrogen-bond acceptors (Lipinski definition) is 4. The number of rotatable bonds is 7. The van der Waals surface area contributed by atoms with E-state index >= 15 is 0 Å². The summed E-state index contributed by atoms with van der Waals surface area (Å²) >= 11 is 0. The first-order valence-corrected chi connectivity index (χ1v) is 7.04. The first-order valence-electron chi connectivity index (χ1n) is 5.55. The van der Waals surface area contributed by atoms with Crippen molar-refractivity contribution in [2.24, 2.45) is 5.92 Å². The maximum absolute atomic E-state index is 12.4. The molecule has 0 aliphatic rings. The predicted octanol–water partition coefficient (Wildman–Crippen LogP) is 2.67. The van der Waals surface area contributed by atoms with E-state index in [1.165, 1.54) is 6.92 Å². The summed E-state index contributed by atoms with van der Waals surface area (Å²) in [4.78, 5) is 11.3. The molecular formula is C10H22NO4P. The number of nitrogens with zero attached hydrogens (tertiary/aromatic N) is 1. The summed E-state index contributed by atoms with van der Waals surface area (Å²) in [5, 5.41) is 0. The molecule has 0 spiro atoms. The fraction of sp³-hybridized carbons (Fsp3) is 0.900. The van der Waals surface area contributed by atoms with Crippen LogP contribution in [0.3, 0.4) is 0 Å². The molecule has 0 heterocycles. The van der Waals surface area contributed by atoms with Crippen molar-refractivity contribution in [1.82, 2.24) is 4.67 Å². The van der Waals surface area contributed by atoms with Crippen molar-refractivity contribution < 1.29 is 18.4 Å². The van der Waals surface area contributed by atoms with Crippen LogP contribution in [-0.2, 0) is 18.4 Å². The second-order valence-electron chi connectivity index (χ2n) is 3.81. The zero-order chi connectivity index (χ0) is 12.8. The molecule has 1 unspecified atom stereocenters. The Bertz CT molecular complexity index is 268. The summed E-state index contributed by atoms with van der Waals surface area (Å²) in [6.45, 7) is 9.57. The van der Waals surface area contributed by atoms with Crippen LogP contribution in [0.2, 0.25) is 0 Å². The van der Waals surface area contributed by atoms with Gasteiger partial charge in [0.05, 0.1) is 13.2 Å². The van der Waals surface area contributed by atoms with E-state index in [1.807, 2.05) is 13.8 Å². The molecule has 16 heavy (non-hydrogen) atoms. The minimum atomic E-state index is -3.46. The molecule has 96 valence electrons. The molecule has 0 aromatic heterocycles. The molecule has 0 bridgehead atoms. The fourth-order valence-corrected chi connectivity index (χ4v) is 3.01. The predicted molar refractivity (Wildman–Crippen MR) is 63.1 cm³/mol. The second kappa shape index (κ2) is 7.05. The topological polar surface area (TPSA) is 55.8 Å². The van der Waals surface area contributed by atoms with Crippen LogP contribution in [0.4, 0.5) is 0 Å². The summed E-state index contributed by atoms with van der Waals surface area (Å²) in [7, 11) is -3.46. The van der Waals surface area contributed by atoms with E-state index in [9.17, 15) is 9.36 Å². The van der Waals surface area contributed by atoms with Crippen LogP contribution in [0.5, 0.6) is 0 Å². The smallest absolute Gasteiger partial charge is 0.292 e. The lowest BCUT2D eigenvalue weighted by Crippen LogP contribution is -2.28. The molecule has 1 atom stereocenters. The van der Waals surface area contributed by atoms with Crippen LogP contribution in [0, 0.1) is 5.92 Å². The van der Waals surface area contributed by atoms with Gasteiger partial charge in [-0.3, -0.25) is 13.8 Å². The first-order chi connectivity index (χ1) is 7.37. The summed E-state index contributed by atoms with van der Waals surface area (Å²) in [5.74, 6) is -0.0671. The standard InChI is InChI=1S/C10H22NO4P/c1-6-11(10(5)12)16(13,14-7-2)15-8-9(3)4/h9H,6-8H2,1-5H3. The van der Waals surface area contributed by atoms with Gasteiger partial charge in [-0.05, 0) is 19.8 Å². The lowest BCUT2D eigenvalue weighted by Gasteiger charge is -2.28. The third-order valence-corrected chi connectivity index (χ3v) is 4.04. The Balaban J connectivity index is 4.77. The third-order valence-electron chi connectivity index (χ3n) is 1.82. The molecule has 0 N–H and O–H groups in total. The number of carbonyl (C=O) groups is 1. The maximum Gasteiger partial charge on any atom is 0.437 e. The Morgan fingerprint density at radius 3 is 2.19 bits per heavy atom. The van der Waals surface area contributed by atoms with Gasteiger partial charge in [0, 0.05) is 13.5 Å². The molecule has 1 amide bonds. The Labute approximate surface area is 97.7 Å². The summed E-state index contributed by atoms with van der Waals surface area (Å²) < 4.78 is 23.9. The molecule has 0 aromatic rings. The fourth-order valence-electron chi connectivity index (χ4n) is 1.15. The zero-order valence-corrected chi connectivity index (χ0v) is 11.6. The van der Waals surface area contributed by atoms with E-state index in [0.717, 1.165) is 4.67 Å². The van der Waals surface area contributed by atoms with Crippen LogP contribution in [-0.4, -0.2) is 30.3 Å². The minimum Gasteiger partial charge on any atom is -0.292 e. The molecule has 0 aliphatic carbocycles. The largest absolute Gasteiger partial charge is 0.437 e. The van der Waals surface area contributed by atoms with Gasteiger partial charge in [-0.25, -0.2) is 9.24 Å². The SMILES string of the molecule is CCOP(=O)(OCC(C)C)N(CC)C(C)=O. The highest BCUT2D eigenvalue weighted by molar-refractivity contribution is 7.52. The average molecular weight is 251 g/mol. The van der Waals surface area contributed by atoms with E-state index in [4.69, 9.17) is 9.05 Å². The summed E-state index contributed by atoms with van der Waals surface area (Å²) in [6.07, 6.45) is 0. The number of hydrogen-bond donors (Lipinski definition) is 0. The second-order valence-corrected chi connectivity index (χ2v) is 5.75. The van der Waals surface area contributed by atoms with Crippen LogP contribution in [0.1, 0.15) is 34.6 Å². The van der Waals surface area contributed by atoms with Gasteiger partial charge in [-0.15, -0.1) is 0 Å². The van der Waals surface area contributed by atoms with Crippen molar-refractivity contribution in [3.8, 4) is 0 Å². The molecule has 0 fully saturated rings. The molecule has 0 saturated heterocycles. The van der Waals surface area contributed by atoms with Gasteiger partial charge in [0.1, 0.15) is 0 Å². The van der Waals surface area contributed by atoms with Gasteiger partial charge in [0.15, 0.2) is 0 Å². The van der Waals surface area contributed by atoms with Crippen molar-refractivity contribution in [2.75, 3.05) is 19.8 Å². The Morgan fingerprint density at radius 2 is 1.88 bits per heavy atom. The molecule has 0 radical (unpaired) electrons. The minimum absolute atomic E-state index is 0.236. The average Bonchev–Trinajstić information content (AvgIpc) is 2.15. The van der Waals surface area contributed by atoms with Crippen molar-refractivity contribution in [2.45, 2.75) is 34.6 Å². The Kier molecular flexibility index (Phi) is 6.88. The van der Waals surface area contributed by atoms with Crippen molar-refractivity contribution in [3.05, 3.63) is 0 Å². The highest BCUT2D eigenvalue weighted by Gasteiger charge is 2.34. The molecule has 0 aromatic carbocycles. The highest BCUT2D eigenvalue weighted by Crippen LogP contribution is 2.52. The lowest BCUT2D eigenvalue weighted by atomic mass is 10.2. The summed E-state index contributed by atoms with van der Waals surface area (Å²) in [5.41, 5.74) is 0. The van der Waals surface area contributed by atoms with Crippen LogP contribution in [0.15, 0.2) is 0 Å². The summed E-state index contributed by atoms with van der Waals surface area (Å²) in [6, 6.07) is 0. The molecule has 0 rings (SSSR count). The van der Waals surface area contributed by atoms with Crippen molar-refractivity contribution >= 4 is 13.7 Å². The maximum atomic E-state index is 12.4. The van der Waals surface area contributed by atoms with Gasteiger partial charge < -0.3 is 0 Å². The van der Waals surface area contributed by atoms with E-state index in [0.29, 0.717) is 13.2 Å². The van der Waals surface area contributed by atoms with Crippen LogP contribution < -0.4 is 0 Å². The Morgan fingerprint density at radius 1 is 1.31 bits per heavy atom. The van der Waals surface area contributed by atoms with Gasteiger partial charge in [-0.1, -0.05) is 13.8 Å². The van der Waals surface area contributed by atoms with E-state index in [2.05, 4.69) is 0 Å². The third kappa shape index (κ3) is 4.64. The first kappa shape index (κ1) is 15.6. The van der Waals surface area contributed by atoms with Crippen molar-refractivity contribution in [1.29, 1.82) is 0 Å². The number of carbonyl (C=O) groups excluding carboxylic acids is 1. The van der Waals surface area contributed by atoms with Gasteiger partial charge >= 0.3 is 7.75 Å². The van der Waals surface area contributed by atoms with E-state index in [1.54, 1.807) is 13.8 Å². The molecule has 0 aliphatic heterocycles. The van der Waals surface area contributed by atoms with Crippen molar-refractivity contribution in [3.63, 3.8) is 0 Å². The van der Waals surface area contributed by atoms with Gasteiger partial charge in [0.2, 0.25) is 5.91 Å². The molecule has 0 saturated carbocycles. The van der Waals surface area contributed by atoms with Crippen LogP contribution >= 0.6 is 7.75 Å². The molecule has 6 heteroatoms. The lowest BCUT2D eigenvalue weighted by molar-refractivity contribution is -0.125. The quantitative estimate of drug-likeness (QED) is 0.653. The highest BCUT2D eigenvalue weighted by atomic mass is 31.2. The van der Waals surface area contributed by atoms with Gasteiger partial charge in [0.25, 0.3) is 0 Å². The van der Waals surface area contributed by atoms with E-state index in [-0.39, 0.29) is 18.4 Å². The number of amides is 1. The monoisotopic (exact) mass is 251 g/mol. The molecule has 5 nitrogen and oxygen atoms in total. The normalized spacial score (nSPS) is 14.9.